The number of carbonyl (C=O) groups is 2. The van der Waals surface area contributed by atoms with Crippen LogP contribution in [-0.2, 0) is 14.3 Å². The van der Waals surface area contributed by atoms with E-state index in [1.54, 1.807) is 0 Å². The Morgan fingerprint density at radius 3 is 2.88 bits per heavy atom. The molecule has 1 saturated carbocycles. The highest BCUT2D eigenvalue weighted by molar-refractivity contribution is 5.78. The zero-order valence-corrected chi connectivity index (χ0v) is 9.57. The lowest BCUT2D eigenvalue weighted by atomic mass is 10.1. The maximum absolute atomic E-state index is 11.7. The summed E-state index contributed by atoms with van der Waals surface area (Å²) in [6.07, 6.45) is 2.66. The molecule has 1 heterocycles. The first kappa shape index (κ1) is 11.4. The Kier molecular flexibility index (Phi) is 3.43. The summed E-state index contributed by atoms with van der Waals surface area (Å²) in [5.41, 5.74) is 0. The first-order valence-corrected chi connectivity index (χ1v) is 5.81. The maximum atomic E-state index is 11.7. The zero-order valence-electron chi connectivity index (χ0n) is 9.57. The molecule has 90 valence electrons. The van der Waals surface area contributed by atoms with Crippen LogP contribution in [0, 0.1) is 5.92 Å². The predicted molar refractivity (Wildman–Crippen MR) is 57.7 cm³/mol. The lowest BCUT2D eigenvalue weighted by molar-refractivity contribution is -0.148. The van der Waals surface area contributed by atoms with E-state index in [0.29, 0.717) is 25.4 Å². The van der Waals surface area contributed by atoms with Crippen LogP contribution in [0.4, 0.5) is 0 Å². The van der Waals surface area contributed by atoms with E-state index in [9.17, 15) is 9.59 Å². The number of ether oxygens (including phenoxy) is 1. The van der Waals surface area contributed by atoms with Crippen molar-refractivity contribution in [3.63, 3.8) is 0 Å². The Labute approximate surface area is 95.1 Å². The van der Waals surface area contributed by atoms with Gasteiger partial charge in [-0.15, -0.1) is 0 Å². The van der Waals surface area contributed by atoms with E-state index >= 15 is 0 Å². The molecule has 1 saturated heterocycles. The van der Waals surface area contributed by atoms with Crippen LogP contribution < -0.4 is 5.32 Å². The van der Waals surface area contributed by atoms with Crippen LogP contribution in [0.5, 0.6) is 0 Å². The van der Waals surface area contributed by atoms with Gasteiger partial charge in [0.1, 0.15) is 6.04 Å². The normalized spacial score (nSPS) is 24.4. The summed E-state index contributed by atoms with van der Waals surface area (Å²) in [5.74, 6) is 0.347. The third kappa shape index (κ3) is 2.52. The molecular weight excluding hydrogens is 208 g/mol. The van der Waals surface area contributed by atoms with Crippen LogP contribution in [0.3, 0.4) is 0 Å². The highest BCUT2D eigenvalue weighted by atomic mass is 16.5. The fourth-order valence-electron chi connectivity index (χ4n) is 2.23. The molecular formula is C11H18N2O3. The summed E-state index contributed by atoms with van der Waals surface area (Å²) in [6, 6.07) is -0.141. The van der Waals surface area contributed by atoms with Gasteiger partial charge in [-0.2, -0.15) is 0 Å². The summed E-state index contributed by atoms with van der Waals surface area (Å²) in [6.45, 7) is 2.02. The molecule has 1 N–H and O–H groups in total. The summed E-state index contributed by atoms with van der Waals surface area (Å²) >= 11 is 0. The highest BCUT2D eigenvalue weighted by Crippen LogP contribution is 2.36. The minimum absolute atomic E-state index is 0.0712. The number of hydrogen-bond acceptors (Lipinski definition) is 4. The number of esters is 1. The molecule has 2 fully saturated rings. The van der Waals surface area contributed by atoms with E-state index < -0.39 is 0 Å². The molecule has 0 bridgehead atoms. The number of hydrogen-bond donors (Lipinski definition) is 1. The van der Waals surface area contributed by atoms with Gasteiger partial charge in [0.25, 0.3) is 0 Å². The molecule has 1 unspecified atom stereocenters. The Bertz CT molecular complexity index is 289. The average molecular weight is 226 g/mol. The van der Waals surface area contributed by atoms with Crippen molar-refractivity contribution in [3.05, 3.63) is 0 Å². The molecule has 1 aliphatic carbocycles. The largest absolute Gasteiger partial charge is 0.468 e. The Morgan fingerprint density at radius 2 is 2.25 bits per heavy atom. The topological polar surface area (TPSA) is 58.6 Å². The Hall–Kier alpha value is -1.10. The van der Waals surface area contributed by atoms with Crippen molar-refractivity contribution in [2.75, 3.05) is 26.7 Å². The van der Waals surface area contributed by atoms with Gasteiger partial charge in [-0.25, -0.2) is 0 Å². The van der Waals surface area contributed by atoms with Gasteiger partial charge in [0, 0.05) is 26.1 Å². The van der Waals surface area contributed by atoms with Gasteiger partial charge < -0.3 is 10.1 Å². The predicted octanol–water partition coefficient (Wildman–Crippen LogP) is -0.240. The molecule has 16 heavy (non-hydrogen) atoms. The van der Waals surface area contributed by atoms with Crippen LogP contribution in [0.15, 0.2) is 0 Å². The second-order valence-corrected chi connectivity index (χ2v) is 4.44. The summed E-state index contributed by atoms with van der Waals surface area (Å²) < 4.78 is 4.85. The fraction of sp³-hybridized carbons (Fsp3) is 0.818. The molecule has 0 aromatic carbocycles. The van der Waals surface area contributed by atoms with Crippen molar-refractivity contribution in [1.29, 1.82) is 0 Å². The van der Waals surface area contributed by atoms with E-state index in [1.807, 2.05) is 0 Å². The minimum Gasteiger partial charge on any atom is -0.468 e. The molecule has 0 aromatic heterocycles. The molecule has 1 aliphatic heterocycles. The summed E-state index contributed by atoms with van der Waals surface area (Å²) in [4.78, 5) is 25.0. The molecule has 0 radical (unpaired) electrons. The number of nitrogens with one attached hydrogen (secondary N) is 1. The van der Waals surface area contributed by atoms with Crippen LogP contribution in [0.25, 0.3) is 0 Å². The second-order valence-electron chi connectivity index (χ2n) is 4.44. The van der Waals surface area contributed by atoms with E-state index in [0.717, 1.165) is 19.4 Å². The minimum atomic E-state index is -0.156. The summed E-state index contributed by atoms with van der Waals surface area (Å²) in [7, 11) is 1.43. The second kappa shape index (κ2) is 4.82. The zero-order chi connectivity index (χ0) is 11.5. The number of rotatable bonds is 3. The van der Waals surface area contributed by atoms with Crippen LogP contribution in [-0.4, -0.2) is 49.6 Å². The number of methoxy groups -OCH3 is 1. The SMILES string of the molecule is COC(=O)C(C1CC1)N1CCNC(=O)CC1. The van der Waals surface area contributed by atoms with Gasteiger partial charge in [-0.3, -0.25) is 14.5 Å². The monoisotopic (exact) mass is 226 g/mol. The van der Waals surface area contributed by atoms with Crippen molar-refractivity contribution in [3.8, 4) is 0 Å². The number of carbonyl (C=O) groups excluding carboxylic acids is 2. The van der Waals surface area contributed by atoms with Crippen LogP contribution >= 0.6 is 0 Å². The maximum Gasteiger partial charge on any atom is 0.323 e. The third-order valence-corrected chi connectivity index (χ3v) is 3.25. The highest BCUT2D eigenvalue weighted by Gasteiger charge is 2.41. The van der Waals surface area contributed by atoms with Crippen molar-refractivity contribution < 1.29 is 14.3 Å². The number of amides is 1. The van der Waals surface area contributed by atoms with E-state index in [2.05, 4.69) is 10.2 Å². The average Bonchev–Trinajstić information content (AvgIpc) is 3.09. The van der Waals surface area contributed by atoms with Gasteiger partial charge in [0.05, 0.1) is 7.11 Å². The number of nitrogens with zero attached hydrogens (tertiary/aromatic N) is 1. The molecule has 5 nitrogen and oxygen atoms in total. The van der Waals surface area contributed by atoms with Crippen molar-refractivity contribution in [1.82, 2.24) is 10.2 Å². The Morgan fingerprint density at radius 1 is 1.50 bits per heavy atom. The smallest absolute Gasteiger partial charge is 0.323 e. The lowest BCUT2D eigenvalue weighted by Crippen LogP contribution is -2.45. The molecule has 2 aliphatic rings. The summed E-state index contributed by atoms with van der Waals surface area (Å²) in [5, 5.41) is 2.81. The molecule has 0 spiro atoms. The molecule has 1 amide bonds. The molecule has 1 atom stereocenters. The van der Waals surface area contributed by atoms with Gasteiger partial charge in [0.15, 0.2) is 0 Å². The van der Waals surface area contributed by atoms with Gasteiger partial charge in [-0.1, -0.05) is 0 Å². The third-order valence-electron chi connectivity index (χ3n) is 3.25. The van der Waals surface area contributed by atoms with Crippen molar-refractivity contribution in [2.45, 2.75) is 25.3 Å². The van der Waals surface area contributed by atoms with E-state index in [-0.39, 0.29) is 17.9 Å². The molecule has 2 rings (SSSR count). The standard InChI is InChI=1S/C11H18N2O3/c1-16-11(15)10(8-2-3-8)13-6-4-9(14)12-5-7-13/h8,10H,2-7H2,1H3,(H,12,14). The Balaban J connectivity index is 2.01. The van der Waals surface area contributed by atoms with Crippen LogP contribution in [0.2, 0.25) is 0 Å². The van der Waals surface area contributed by atoms with Crippen molar-refractivity contribution in [2.24, 2.45) is 5.92 Å². The quantitative estimate of drug-likeness (QED) is 0.675. The van der Waals surface area contributed by atoms with Crippen molar-refractivity contribution >= 4 is 11.9 Å². The van der Waals surface area contributed by atoms with E-state index in [1.165, 1.54) is 7.11 Å². The fourth-order valence-corrected chi connectivity index (χ4v) is 2.23. The van der Waals surface area contributed by atoms with Gasteiger partial charge >= 0.3 is 5.97 Å². The van der Waals surface area contributed by atoms with Crippen LogP contribution in [0.1, 0.15) is 19.3 Å². The first-order chi connectivity index (χ1) is 7.72. The lowest BCUT2D eigenvalue weighted by Gasteiger charge is -2.27. The molecule has 0 aromatic rings. The van der Waals surface area contributed by atoms with E-state index in [4.69, 9.17) is 4.74 Å². The van der Waals surface area contributed by atoms with Gasteiger partial charge in [-0.05, 0) is 18.8 Å². The molecule has 5 heteroatoms. The first-order valence-electron chi connectivity index (χ1n) is 5.81. The van der Waals surface area contributed by atoms with Gasteiger partial charge in [0.2, 0.25) is 5.91 Å².